The fourth-order valence-corrected chi connectivity index (χ4v) is 2.81. The average Bonchev–Trinajstić information content (AvgIpc) is 2.59. The van der Waals surface area contributed by atoms with Crippen molar-refractivity contribution in [3.63, 3.8) is 0 Å². The van der Waals surface area contributed by atoms with E-state index in [2.05, 4.69) is 4.98 Å². The molecule has 1 aromatic heterocycles. The second kappa shape index (κ2) is 9.08. The van der Waals surface area contributed by atoms with Crippen LogP contribution in [0.5, 0.6) is 0 Å². The minimum Gasteiger partial charge on any atom is -0.385 e. The first kappa shape index (κ1) is 18.8. The van der Waals surface area contributed by atoms with Gasteiger partial charge in [-0.05, 0) is 18.4 Å². The Balaban J connectivity index is 2.41. The van der Waals surface area contributed by atoms with Gasteiger partial charge in [-0.15, -0.1) is 0 Å². The van der Waals surface area contributed by atoms with Crippen LogP contribution >= 0.6 is 0 Å². The number of hydrogen-bond acceptors (Lipinski definition) is 5. The summed E-state index contributed by atoms with van der Waals surface area (Å²) >= 11 is 0. The minimum atomic E-state index is -0.497. The molecule has 0 atom stereocenters. The van der Waals surface area contributed by atoms with Crippen molar-refractivity contribution in [2.24, 2.45) is 0 Å². The molecule has 0 spiro atoms. The number of H-pyrrole nitrogens is 1. The highest BCUT2D eigenvalue weighted by Crippen LogP contribution is 2.18. The Morgan fingerprint density at radius 1 is 1.20 bits per heavy atom. The molecule has 0 amide bonds. The monoisotopic (exact) mass is 346 g/mol. The Morgan fingerprint density at radius 3 is 2.56 bits per heavy atom. The third-order valence-corrected chi connectivity index (χ3v) is 3.98. The predicted molar refractivity (Wildman–Crippen MR) is 100 cm³/mol. The second-order valence-electron chi connectivity index (χ2n) is 5.90. The number of nitrogens with zero attached hydrogens (tertiary/aromatic N) is 2. The zero-order chi connectivity index (χ0) is 18.2. The molecule has 3 N–H and O–H groups in total. The van der Waals surface area contributed by atoms with Crippen LogP contribution in [0.1, 0.15) is 25.3 Å². The van der Waals surface area contributed by atoms with Crippen LogP contribution in [0, 0.1) is 0 Å². The number of methoxy groups -OCH3 is 1. The third kappa shape index (κ3) is 4.73. The van der Waals surface area contributed by atoms with Crippen LogP contribution in [-0.4, -0.2) is 36.4 Å². The van der Waals surface area contributed by atoms with E-state index in [0.717, 1.165) is 18.4 Å². The molecule has 0 fully saturated rings. The number of nitrogen functional groups attached to an aromatic ring is 1. The Labute approximate surface area is 147 Å². The summed E-state index contributed by atoms with van der Waals surface area (Å²) in [7, 11) is 1.64. The van der Waals surface area contributed by atoms with E-state index in [9.17, 15) is 9.59 Å². The molecular formula is C18H26N4O3. The normalized spacial score (nSPS) is 10.8. The molecule has 2 rings (SSSR count). The van der Waals surface area contributed by atoms with E-state index < -0.39 is 11.2 Å². The van der Waals surface area contributed by atoms with E-state index in [1.165, 1.54) is 4.57 Å². The number of ether oxygens (including phenoxy) is 1. The van der Waals surface area contributed by atoms with E-state index >= 15 is 0 Å². The van der Waals surface area contributed by atoms with Crippen LogP contribution in [0.2, 0.25) is 0 Å². The lowest BCUT2D eigenvalue weighted by Gasteiger charge is -2.25. The zero-order valence-electron chi connectivity index (χ0n) is 14.8. The first-order valence-corrected chi connectivity index (χ1v) is 8.48. The maximum absolute atomic E-state index is 12.4. The Hall–Kier alpha value is -2.54. The van der Waals surface area contributed by atoms with Crippen molar-refractivity contribution >= 4 is 11.5 Å². The van der Waals surface area contributed by atoms with Gasteiger partial charge in [0.25, 0.3) is 5.56 Å². The van der Waals surface area contributed by atoms with Crippen molar-refractivity contribution in [2.75, 3.05) is 37.4 Å². The number of aromatic nitrogens is 2. The van der Waals surface area contributed by atoms with Crippen molar-refractivity contribution in [3.05, 3.63) is 56.7 Å². The molecule has 136 valence electrons. The standard InChI is InChI=1S/C18H26N4O3/c1-3-10-21(11-7-12-25-2)15-16(19)22(18(24)20-17(15)23)13-14-8-5-4-6-9-14/h4-6,8-9H,3,7,10-13,19H2,1-2H3,(H,20,23,24). The van der Waals surface area contributed by atoms with Crippen molar-refractivity contribution in [2.45, 2.75) is 26.3 Å². The molecule has 7 heteroatoms. The van der Waals surface area contributed by atoms with Gasteiger partial charge in [0.2, 0.25) is 0 Å². The van der Waals surface area contributed by atoms with E-state index in [1.807, 2.05) is 42.2 Å². The van der Waals surface area contributed by atoms with Crippen LogP contribution in [0.15, 0.2) is 39.9 Å². The fourth-order valence-electron chi connectivity index (χ4n) is 2.81. The maximum Gasteiger partial charge on any atom is 0.330 e. The lowest BCUT2D eigenvalue weighted by molar-refractivity contribution is 0.196. The molecule has 7 nitrogen and oxygen atoms in total. The summed E-state index contributed by atoms with van der Waals surface area (Å²) in [5.74, 6) is 0.198. The van der Waals surface area contributed by atoms with Crippen molar-refractivity contribution in [1.29, 1.82) is 0 Å². The van der Waals surface area contributed by atoms with Crippen molar-refractivity contribution in [3.8, 4) is 0 Å². The highest BCUT2D eigenvalue weighted by Gasteiger charge is 2.18. The first-order chi connectivity index (χ1) is 12.1. The summed E-state index contributed by atoms with van der Waals surface area (Å²) in [6.45, 7) is 4.27. The molecular weight excluding hydrogens is 320 g/mol. The largest absolute Gasteiger partial charge is 0.385 e. The van der Waals surface area contributed by atoms with Gasteiger partial charge in [0.05, 0.1) is 6.54 Å². The highest BCUT2D eigenvalue weighted by atomic mass is 16.5. The summed E-state index contributed by atoms with van der Waals surface area (Å²) < 4.78 is 6.50. The quantitative estimate of drug-likeness (QED) is 0.670. The fraction of sp³-hybridized carbons (Fsp3) is 0.444. The molecule has 25 heavy (non-hydrogen) atoms. The molecule has 0 aliphatic heterocycles. The van der Waals surface area contributed by atoms with Crippen molar-refractivity contribution in [1.82, 2.24) is 9.55 Å². The first-order valence-electron chi connectivity index (χ1n) is 8.48. The summed E-state index contributed by atoms with van der Waals surface area (Å²) in [6, 6.07) is 9.54. The smallest absolute Gasteiger partial charge is 0.330 e. The summed E-state index contributed by atoms with van der Waals surface area (Å²) in [4.78, 5) is 29.0. The number of rotatable bonds is 9. The summed E-state index contributed by atoms with van der Waals surface area (Å²) in [6.07, 6.45) is 1.64. The van der Waals surface area contributed by atoms with Gasteiger partial charge in [-0.3, -0.25) is 14.3 Å². The molecule has 0 aliphatic carbocycles. The van der Waals surface area contributed by atoms with E-state index in [4.69, 9.17) is 10.5 Å². The zero-order valence-corrected chi connectivity index (χ0v) is 14.8. The van der Waals surface area contributed by atoms with Gasteiger partial charge < -0.3 is 15.4 Å². The number of aromatic amines is 1. The van der Waals surface area contributed by atoms with Crippen LogP contribution in [0.25, 0.3) is 0 Å². The van der Waals surface area contributed by atoms with Gasteiger partial charge in [-0.2, -0.15) is 0 Å². The van der Waals surface area contributed by atoms with Gasteiger partial charge in [0.1, 0.15) is 11.5 Å². The lowest BCUT2D eigenvalue weighted by Crippen LogP contribution is -2.39. The molecule has 1 aromatic carbocycles. The molecule has 2 aromatic rings. The van der Waals surface area contributed by atoms with Crippen LogP contribution in [0.4, 0.5) is 11.5 Å². The molecule has 0 bridgehead atoms. The minimum absolute atomic E-state index is 0.198. The molecule has 0 radical (unpaired) electrons. The van der Waals surface area contributed by atoms with Gasteiger partial charge in [-0.25, -0.2) is 4.79 Å². The molecule has 0 aliphatic rings. The average molecular weight is 346 g/mol. The van der Waals surface area contributed by atoms with Gasteiger partial charge in [0.15, 0.2) is 0 Å². The topological polar surface area (TPSA) is 93.3 Å². The Kier molecular flexibility index (Phi) is 6.82. The lowest BCUT2D eigenvalue weighted by atomic mass is 10.2. The molecule has 0 unspecified atom stereocenters. The van der Waals surface area contributed by atoms with Crippen molar-refractivity contribution < 1.29 is 4.74 Å². The number of nitrogens with one attached hydrogen (secondary N) is 1. The second-order valence-corrected chi connectivity index (χ2v) is 5.90. The molecule has 0 saturated carbocycles. The van der Waals surface area contributed by atoms with Gasteiger partial charge >= 0.3 is 5.69 Å². The van der Waals surface area contributed by atoms with Gasteiger partial charge in [0, 0.05) is 26.8 Å². The Morgan fingerprint density at radius 2 is 1.92 bits per heavy atom. The molecule has 1 heterocycles. The van der Waals surface area contributed by atoms with Gasteiger partial charge in [-0.1, -0.05) is 37.3 Å². The highest BCUT2D eigenvalue weighted by molar-refractivity contribution is 5.62. The summed E-state index contributed by atoms with van der Waals surface area (Å²) in [5.41, 5.74) is 6.59. The van der Waals surface area contributed by atoms with E-state index in [1.54, 1.807) is 7.11 Å². The Bertz CT molecular complexity index is 783. The number of benzene rings is 1. The van der Waals surface area contributed by atoms with Crippen LogP contribution in [-0.2, 0) is 11.3 Å². The third-order valence-electron chi connectivity index (χ3n) is 3.98. The number of hydrogen-bond donors (Lipinski definition) is 2. The maximum atomic E-state index is 12.4. The van der Waals surface area contributed by atoms with E-state index in [0.29, 0.717) is 31.9 Å². The predicted octanol–water partition coefficient (Wildman–Crippen LogP) is 1.42. The SMILES string of the molecule is CCCN(CCCOC)c1c(N)n(Cc2ccccc2)c(=O)[nH]c1=O. The number of anilines is 2. The van der Waals surface area contributed by atoms with Crippen LogP contribution in [0.3, 0.4) is 0 Å². The number of nitrogens with two attached hydrogens (primary N) is 1. The molecule has 0 saturated heterocycles. The van der Waals surface area contributed by atoms with E-state index in [-0.39, 0.29) is 5.82 Å². The summed E-state index contributed by atoms with van der Waals surface area (Å²) in [5, 5.41) is 0. The van der Waals surface area contributed by atoms with Crippen LogP contribution < -0.4 is 21.9 Å².